The zero-order valence-corrected chi connectivity index (χ0v) is 13.4. The molecule has 0 aromatic rings. The van der Waals surface area contributed by atoms with E-state index in [0.29, 0.717) is 12.0 Å². The number of nitrogens with two attached hydrogens (primary N) is 1. The predicted molar refractivity (Wildman–Crippen MR) is 84.9 cm³/mol. The van der Waals surface area contributed by atoms with Crippen molar-refractivity contribution in [1.29, 1.82) is 0 Å². The number of amides is 1. The molecule has 0 saturated heterocycles. The van der Waals surface area contributed by atoms with Crippen molar-refractivity contribution in [3.05, 3.63) is 0 Å². The lowest BCUT2D eigenvalue weighted by Crippen LogP contribution is -2.59. The van der Waals surface area contributed by atoms with Gasteiger partial charge in [0.25, 0.3) is 0 Å². The van der Waals surface area contributed by atoms with E-state index >= 15 is 0 Å². The van der Waals surface area contributed by atoms with Gasteiger partial charge in [-0.3, -0.25) is 4.79 Å². The molecule has 0 heterocycles. The maximum atomic E-state index is 12.1. The molecule has 4 nitrogen and oxygen atoms in total. The fourth-order valence-electron chi connectivity index (χ4n) is 4.03. The first-order valence-corrected chi connectivity index (χ1v) is 8.94. The van der Waals surface area contributed by atoms with Crippen molar-refractivity contribution in [2.24, 2.45) is 17.6 Å². The van der Waals surface area contributed by atoms with Crippen LogP contribution in [-0.2, 0) is 4.79 Å². The van der Waals surface area contributed by atoms with Gasteiger partial charge in [-0.2, -0.15) is 0 Å². The van der Waals surface area contributed by atoms with Gasteiger partial charge < -0.3 is 16.0 Å². The summed E-state index contributed by atoms with van der Waals surface area (Å²) >= 11 is 0. The SMILES string of the molecule is CCN(CCC1CCCC1(NC1CC1)C(N)=O)CC1CC1. The van der Waals surface area contributed by atoms with Crippen molar-refractivity contribution in [2.45, 2.75) is 69.9 Å². The lowest BCUT2D eigenvalue weighted by atomic mass is 9.83. The molecular formula is C17H31N3O. The number of primary amides is 1. The lowest BCUT2D eigenvalue weighted by Gasteiger charge is -2.35. The molecule has 1 amide bonds. The number of carbonyl (C=O) groups excluding carboxylic acids is 1. The number of rotatable bonds is 9. The van der Waals surface area contributed by atoms with Gasteiger partial charge in [-0.1, -0.05) is 13.3 Å². The van der Waals surface area contributed by atoms with Gasteiger partial charge in [0.1, 0.15) is 5.54 Å². The Bertz CT molecular complexity index is 378. The summed E-state index contributed by atoms with van der Waals surface area (Å²) in [6.45, 7) is 5.76. The zero-order chi connectivity index (χ0) is 14.9. The van der Waals surface area contributed by atoms with Crippen LogP contribution in [0.5, 0.6) is 0 Å². The third-order valence-electron chi connectivity index (χ3n) is 5.75. The third-order valence-corrected chi connectivity index (χ3v) is 5.75. The van der Waals surface area contributed by atoms with Gasteiger partial charge in [-0.25, -0.2) is 0 Å². The molecule has 3 rings (SSSR count). The highest BCUT2D eigenvalue weighted by molar-refractivity contribution is 5.85. The molecule has 3 N–H and O–H groups in total. The number of hydrogen-bond donors (Lipinski definition) is 2. The average molecular weight is 293 g/mol. The first-order valence-electron chi connectivity index (χ1n) is 8.94. The van der Waals surface area contributed by atoms with E-state index in [9.17, 15) is 4.79 Å². The molecular weight excluding hydrogens is 262 g/mol. The van der Waals surface area contributed by atoms with Crippen LogP contribution < -0.4 is 11.1 Å². The summed E-state index contributed by atoms with van der Waals surface area (Å²) in [5, 5.41) is 3.62. The van der Waals surface area contributed by atoms with E-state index in [1.807, 2.05) is 0 Å². The van der Waals surface area contributed by atoms with Gasteiger partial charge in [0.15, 0.2) is 0 Å². The molecule has 0 aromatic carbocycles. The number of hydrogen-bond acceptors (Lipinski definition) is 3. The van der Waals surface area contributed by atoms with E-state index in [4.69, 9.17) is 5.73 Å². The van der Waals surface area contributed by atoms with Crippen LogP contribution >= 0.6 is 0 Å². The van der Waals surface area contributed by atoms with Gasteiger partial charge >= 0.3 is 0 Å². The minimum Gasteiger partial charge on any atom is -0.368 e. The minimum absolute atomic E-state index is 0.109. The normalized spacial score (nSPS) is 32.8. The first kappa shape index (κ1) is 15.3. The Morgan fingerprint density at radius 2 is 2.05 bits per heavy atom. The van der Waals surface area contributed by atoms with E-state index in [1.54, 1.807) is 0 Å². The number of nitrogens with zero attached hydrogens (tertiary/aromatic N) is 1. The number of nitrogens with one attached hydrogen (secondary N) is 1. The molecule has 3 aliphatic carbocycles. The van der Waals surface area contributed by atoms with E-state index in [2.05, 4.69) is 17.1 Å². The monoisotopic (exact) mass is 293 g/mol. The standard InChI is InChI=1S/C17H31N3O/c1-2-20(12-13-5-6-13)11-9-14-4-3-10-17(14,16(18)21)19-15-7-8-15/h13-15,19H,2-12H2,1H3,(H2,18,21). The van der Waals surface area contributed by atoms with Crippen LogP contribution in [0.2, 0.25) is 0 Å². The Balaban J connectivity index is 1.57. The fourth-order valence-corrected chi connectivity index (χ4v) is 4.03. The molecule has 2 atom stereocenters. The van der Waals surface area contributed by atoms with Gasteiger partial charge in [0.2, 0.25) is 5.91 Å². The second-order valence-electron chi connectivity index (χ2n) is 7.47. The topological polar surface area (TPSA) is 58.4 Å². The molecule has 0 bridgehead atoms. The molecule has 3 aliphatic rings. The van der Waals surface area contributed by atoms with Gasteiger partial charge in [0.05, 0.1) is 0 Å². The maximum absolute atomic E-state index is 12.1. The van der Waals surface area contributed by atoms with Crippen molar-refractivity contribution in [2.75, 3.05) is 19.6 Å². The summed E-state index contributed by atoms with van der Waals surface area (Å²) in [6.07, 6.45) is 9.60. The van der Waals surface area contributed by atoms with Crippen LogP contribution in [0.1, 0.15) is 58.3 Å². The summed E-state index contributed by atoms with van der Waals surface area (Å²) in [6, 6.07) is 0.548. The quantitative estimate of drug-likeness (QED) is 0.682. The summed E-state index contributed by atoms with van der Waals surface area (Å²) < 4.78 is 0. The van der Waals surface area contributed by atoms with E-state index in [-0.39, 0.29) is 5.91 Å². The Hall–Kier alpha value is -0.610. The van der Waals surface area contributed by atoms with E-state index in [1.165, 1.54) is 32.2 Å². The minimum atomic E-state index is -0.403. The Labute approximate surface area is 128 Å². The van der Waals surface area contributed by atoms with E-state index < -0.39 is 5.54 Å². The summed E-state index contributed by atoms with van der Waals surface area (Å²) in [5.41, 5.74) is 5.41. The Morgan fingerprint density at radius 1 is 1.29 bits per heavy atom. The molecule has 0 aromatic heterocycles. The van der Waals surface area contributed by atoms with Crippen molar-refractivity contribution < 1.29 is 4.79 Å². The van der Waals surface area contributed by atoms with Gasteiger partial charge in [-0.05, 0) is 69.9 Å². The summed E-state index contributed by atoms with van der Waals surface area (Å²) in [5.74, 6) is 1.27. The van der Waals surface area contributed by atoms with Crippen LogP contribution in [0.25, 0.3) is 0 Å². The second-order valence-corrected chi connectivity index (χ2v) is 7.47. The molecule has 0 radical (unpaired) electrons. The van der Waals surface area contributed by atoms with Crippen LogP contribution in [0.4, 0.5) is 0 Å². The third kappa shape index (κ3) is 3.59. The van der Waals surface area contributed by atoms with E-state index in [0.717, 1.165) is 44.7 Å². The van der Waals surface area contributed by atoms with Crippen molar-refractivity contribution >= 4 is 5.91 Å². The zero-order valence-electron chi connectivity index (χ0n) is 13.4. The highest BCUT2D eigenvalue weighted by Gasteiger charge is 2.49. The van der Waals surface area contributed by atoms with Crippen molar-refractivity contribution in [3.8, 4) is 0 Å². The Morgan fingerprint density at radius 3 is 2.62 bits per heavy atom. The molecule has 3 fully saturated rings. The molecule has 2 unspecified atom stereocenters. The van der Waals surface area contributed by atoms with Crippen molar-refractivity contribution in [1.82, 2.24) is 10.2 Å². The molecule has 0 aliphatic heterocycles. The summed E-state index contributed by atoms with van der Waals surface area (Å²) in [7, 11) is 0. The fraction of sp³-hybridized carbons (Fsp3) is 0.941. The Kier molecular flexibility index (Phi) is 4.55. The van der Waals surface area contributed by atoms with Gasteiger partial charge in [-0.15, -0.1) is 0 Å². The molecule has 0 spiro atoms. The second kappa shape index (κ2) is 6.25. The maximum Gasteiger partial charge on any atom is 0.238 e. The van der Waals surface area contributed by atoms with Crippen LogP contribution in [0.3, 0.4) is 0 Å². The smallest absolute Gasteiger partial charge is 0.238 e. The largest absolute Gasteiger partial charge is 0.368 e. The highest BCUT2D eigenvalue weighted by atomic mass is 16.1. The van der Waals surface area contributed by atoms with Crippen LogP contribution in [0, 0.1) is 11.8 Å². The van der Waals surface area contributed by atoms with Gasteiger partial charge in [0, 0.05) is 12.6 Å². The molecule has 4 heteroatoms. The van der Waals surface area contributed by atoms with Crippen LogP contribution in [-0.4, -0.2) is 42.0 Å². The highest BCUT2D eigenvalue weighted by Crippen LogP contribution is 2.40. The van der Waals surface area contributed by atoms with Crippen molar-refractivity contribution in [3.63, 3.8) is 0 Å². The first-order chi connectivity index (χ1) is 10.1. The molecule has 3 saturated carbocycles. The summed E-state index contributed by atoms with van der Waals surface area (Å²) in [4.78, 5) is 14.7. The lowest BCUT2D eigenvalue weighted by molar-refractivity contribution is -0.126. The predicted octanol–water partition coefficient (Wildman–Crippen LogP) is 1.88. The number of carbonyl (C=O) groups is 1. The average Bonchev–Trinajstić information content (AvgIpc) is 3.36. The molecule has 21 heavy (non-hydrogen) atoms. The molecule has 120 valence electrons. The van der Waals surface area contributed by atoms with Crippen LogP contribution in [0.15, 0.2) is 0 Å².